The van der Waals surface area contributed by atoms with Crippen LogP contribution in [0.1, 0.15) is 4.28 Å². The van der Waals surface area contributed by atoms with Crippen LogP contribution in [-0.2, 0) is 34.1 Å². The van der Waals surface area contributed by atoms with E-state index in [0.29, 0.717) is 0 Å². The molecule has 0 aromatic rings. The van der Waals surface area contributed by atoms with Crippen molar-refractivity contribution in [1.82, 2.24) is 0 Å². The van der Waals surface area contributed by atoms with Crippen molar-refractivity contribution >= 4 is 37.2 Å². The monoisotopic (exact) mass is 496 g/mol. The molecule has 0 aromatic heterocycles. The van der Waals surface area contributed by atoms with Crippen LogP contribution in [0.25, 0.3) is 0 Å². The van der Waals surface area contributed by atoms with Crippen LogP contribution in [0.5, 0.6) is 0 Å². The smallest absolute Gasteiger partial charge is 1.00 e. The van der Waals surface area contributed by atoms with Crippen LogP contribution in [-0.4, -0.2) is 0 Å². The van der Waals surface area contributed by atoms with Crippen molar-refractivity contribution in [2.45, 2.75) is 0 Å². The Morgan fingerprint density at radius 2 is 0.400 bits per heavy atom. The molecule has 0 aliphatic carbocycles. The summed E-state index contributed by atoms with van der Waals surface area (Å²) >= 11 is 0. The van der Waals surface area contributed by atoms with Crippen molar-refractivity contribution in [3.05, 3.63) is 39.4 Å². The Balaban J connectivity index is -0.00000000114. The largest absolute Gasteiger partial charge is 6.00 e. The molecule has 0 rings (SSSR count). The standard InChI is InChI=1S/6CN.3ClH.2Fe.3K.3H/c6*1-2;;;;;;;;;;;/h;;;;;;3*1H;;;;;;;;/q6*-1;;;;;+6;3*+1;3*-1. The SMILES string of the molecule is Cl.Cl.Cl.[C-]#N.[C-]#N.[C-]#N.[C-]#N.[C-]#N.[C-]#N.[Fe+6].[Fe].[H-].[H-].[H-].[K+].[K+].[K+]. The molecule has 0 aliphatic rings. The van der Waals surface area contributed by atoms with Gasteiger partial charge in [0.15, 0.2) is 0 Å². The van der Waals surface area contributed by atoms with Gasteiger partial charge in [0.2, 0.25) is 0 Å². The van der Waals surface area contributed by atoms with Gasteiger partial charge in [-0.1, -0.05) is 0 Å². The molecule has 0 unspecified atom stereocenters. The maximum absolute atomic E-state index is 6.25. The second kappa shape index (κ2) is 763. The molecule has 0 amide bonds. The summed E-state index contributed by atoms with van der Waals surface area (Å²) in [7, 11) is 0. The molecular formula is C6H6Cl3Fe2K3N6. The third-order valence-electron chi connectivity index (χ3n) is 0. The van der Waals surface area contributed by atoms with Crippen LogP contribution < -0.4 is 154 Å². The second-order valence-corrected chi connectivity index (χ2v) is 0. The molecule has 0 spiro atoms. The number of hydrogen-bond acceptors (Lipinski definition) is 6. The summed E-state index contributed by atoms with van der Waals surface area (Å²) in [6.07, 6.45) is 0. The van der Waals surface area contributed by atoms with E-state index in [1.807, 2.05) is 0 Å². The molecule has 20 heavy (non-hydrogen) atoms. The van der Waals surface area contributed by atoms with Gasteiger partial charge in [0.1, 0.15) is 0 Å². The minimum Gasteiger partial charge on any atom is -1.00 e. The predicted octanol–water partition coefficient (Wildman–Crippen LogP) is -6.81. The molecule has 0 heterocycles. The van der Waals surface area contributed by atoms with E-state index in [0.717, 1.165) is 0 Å². The van der Waals surface area contributed by atoms with Crippen molar-refractivity contribution in [2.24, 2.45) is 0 Å². The van der Waals surface area contributed by atoms with E-state index in [-0.39, 0.29) is 230 Å². The average molecular weight is 497 g/mol. The van der Waals surface area contributed by atoms with Crippen molar-refractivity contribution < 1.29 is 193 Å². The Morgan fingerprint density at radius 3 is 0.400 bits per heavy atom. The Hall–Kier alpha value is 3.76. The first kappa shape index (κ1) is 129. The van der Waals surface area contributed by atoms with Gasteiger partial charge in [0, 0.05) is 17.1 Å². The van der Waals surface area contributed by atoms with Crippen LogP contribution in [0.4, 0.5) is 0 Å². The molecule has 0 atom stereocenters. The molecular weight excluding hydrogens is 491 g/mol. The van der Waals surface area contributed by atoms with Crippen LogP contribution in [0.3, 0.4) is 0 Å². The van der Waals surface area contributed by atoms with Gasteiger partial charge in [-0.15, -0.1) is 37.2 Å². The molecule has 0 saturated heterocycles. The van der Waals surface area contributed by atoms with Crippen LogP contribution >= 0.6 is 37.2 Å². The van der Waals surface area contributed by atoms with Gasteiger partial charge in [-0.25, -0.2) is 0 Å². The molecule has 0 radical (unpaired) electrons. The Morgan fingerprint density at radius 1 is 0.400 bits per heavy atom. The first-order valence-electron chi connectivity index (χ1n) is 1.34. The summed E-state index contributed by atoms with van der Waals surface area (Å²) in [4.78, 5) is 0. The van der Waals surface area contributed by atoms with E-state index in [1.54, 1.807) is 0 Å². The number of rotatable bonds is 0. The first-order valence-corrected chi connectivity index (χ1v) is 1.34. The van der Waals surface area contributed by atoms with E-state index in [1.165, 1.54) is 0 Å². The first-order chi connectivity index (χ1) is 6.00. The third-order valence-corrected chi connectivity index (χ3v) is 0. The van der Waals surface area contributed by atoms with Crippen LogP contribution in [0, 0.1) is 71.0 Å². The van der Waals surface area contributed by atoms with E-state index in [9.17, 15) is 0 Å². The Labute approximate surface area is 293 Å². The summed E-state index contributed by atoms with van der Waals surface area (Å²) in [5.41, 5.74) is 0. The van der Waals surface area contributed by atoms with Gasteiger partial charge >= 0.3 is 171 Å². The molecule has 100 valence electrons. The molecule has 6 nitrogen and oxygen atoms in total. The zero-order valence-corrected chi connectivity index (χ0v) is 24.6. The fraction of sp³-hybridized carbons (Fsp3) is 0. The Bertz CT molecular complexity index is 132. The Kier molecular flexibility index (Phi) is 4930. The maximum atomic E-state index is 6.25. The van der Waals surface area contributed by atoms with Gasteiger partial charge in [-0.3, -0.25) is 0 Å². The molecule has 0 aromatic carbocycles. The molecule has 0 aliphatic heterocycles. The van der Waals surface area contributed by atoms with Crippen molar-refractivity contribution in [1.29, 1.82) is 31.6 Å². The van der Waals surface area contributed by atoms with Crippen molar-refractivity contribution in [3.63, 3.8) is 0 Å². The molecule has 0 fully saturated rings. The summed E-state index contributed by atoms with van der Waals surface area (Å²) in [6, 6.07) is 0. The van der Waals surface area contributed by atoms with Crippen molar-refractivity contribution in [3.8, 4) is 0 Å². The molecule has 0 bridgehead atoms. The number of nitrogens with zero attached hydrogens (tertiary/aromatic N) is 6. The predicted molar refractivity (Wildman–Crippen MR) is 54.9 cm³/mol. The quantitative estimate of drug-likeness (QED) is 0.241. The summed E-state index contributed by atoms with van der Waals surface area (Å²) < 4.78 is 0. The minimum absolute atomic E-state index is 0. The number of hydrogen-bond donors (Lipinski definition) is 0. The van der Waals surface area contributed by atoms with Crippen molar-refractivity contribution in [2.75, 3.05) is 0 Å². The van der Waals surface area contributed by atoms with Crippen LogP contribution in [0.15, 0.2) is 0 Å². The fourth-order valence-electron chi connectivity index (χ4n) is 0. The third kappa shape index (κ3) is 664. The van der Waals surface area contributed by atoms with E-state index >= 15 is 0 Å². The van der Waals surface area contributed by atoms with E-state index in [4.69, 9.17) is 71.0 Å². The second-order valence-electron chi connectivity index (χ2n) is 0. The van der Waals surface area contributed by atoms with Gasteiger partial charge in [0.25, 0.3) is 0 Å². The molecule has 14 heteroatoms. The molecule has 0 N–H and O–H groups in total. The zero-order valence-electron chi connectivity index (χ0n) is 13.6. The molecule has 0 saturated carbocycles. The average Bonchev–Trinajstić information content (AvgIpc) is 2.33. The summed E-state index contributed by atoms with van der Waals surface area (Å²) in [6.45, 7) is 28.5. The van der Waals surface area contributed by atoms with Gasteiger partial charge < -0.3 is 75.3 Å². The summed E-state index contributed by atoms with van der Waals surface area (Å²) in [5, 5.41) is 37.5. The van der Waals surface area contributed by atoms with Crippen LogP contribution in [0.2, 0.25) is 0 Å². The number of halogens is 3. The summed E-state index contributed by atoms with van der Waals surface area (Å²) in [5.74, 6) is 0. The van der Waals surface area contributed by atoms with E-state index < -0.39 is 0 Å². The maximum Gasteiger partial charge on any atom is 6.00 e. The van der Waals surface area contributed by atoms with E-state index in [2.05, 4.69) is 0 Å². The fourth-order valence-corrected chi connectivity index (χ4v) is 0. The zero-order chi connectivity index (χ0) is 12.0. The van der Waals surface area contributed by atoms with Gasteiger partial charge in [-0.2, -0.15) is 0 Å². The normalized spacial score (nSPS) is 0.600. The van der Waals surface area contributed by atoms with Gasteiger partial charge in [0.05, 0.1) is 0 Å². The minimum atomic E-state index is 0. The topological polar surface area (TPSA) is 143 Å². The van der Waals surface area contributed by atoms with Gasteiger partial charge in [-0.05, 0) is 0 Å².